The van der Waals surface area contributed by atoms with Crippen molar-refractivity contribution in [2.24, 2.45) is 0 Å². The van der Waals surface area contributed by atoms with E-state index in [1.807, 2.05) is 36.1 Å². The lowest BCUT2D eigenvalue weighted by Crippen LogP contribution is -2.36. The van der Waals surface area contributed by atoms with E-state index in [2.05, 4.69) is 12.2 Å². The van der Waals surface area contributed by atoms with Crippen LogP contribution in [0.3, 0.4) is 0 Å². The van der Waals surface area contributed by atoms with Gasteiger partial charge in [-0.05, 0) is 38.1 Å². The summed E-state index contributed by atoms with van der Waals surface area (Å²) in [4.78, 5) is 13.9. The van der Waals surface area contributed by atoms with Crippen LogP contribution in [-0.4, -0.2) is 35.2 Å². The maximum absolute atomic E-state index is 12.0. The molecule has 0 radical (unpaired) electrons. The van der Waals surface area contributed by atoms with Gasteiger partial charge in [-0.15, -0.1) is 11.8 Å². The minimum atomic E-state index is -0.0309. The fourth-order valence-electron chi connectivity index (χ4n) is 1.86. The minimum Gasteiger partial charge on any atom is -0.494 e. The van der Waals surface area contributed by atoms with Gasteiger partial charge in [0.25, 0.3) is 0 Å². The number of hydrogen-bond donors (Lipinski definition) is 1. The highest BCUT2D eigenvalue weighted by atomic mass is 32.2. The van der Waals surface area contributed by atoms with Crippen molar-refractivity contribution in [1.29, 1.82) is 0 Å². The summed E-state index contributed by atoms with van der Waals surface area (Å²) in [6, 6.07) is 7.41. The molecule has 1 N–H and O–H groups in total. The fourth-order valence-corrected chi connectivity index (χ4v) is 2.88. The van der Waals surface area contributed by atoms with Crippen LogP contribution in [-0.2, 0) is 0 Å². The molecule has 0 spiro atoms. The second-order valence-electron chi connectivity index (χ2n) is 4.05. The highest BCUT2D eigenvalue weighted by Gasteiger charge is 2.25. The van der Waals surface area contributed by atoms with Gasteiger partial charge in [0.05, 0.1) is 12.0 Å². The van der Waals surface area contributed by atoms with Crippen LogP contribution in [0.5, 0.6) is 5.75 Å². The number of nitrogens with one attached hydrogen (secondary N) is 1. The summed E-state index contributed by atoms with van der Waals surface area (Å²) in [7, 11) is 0. The Morgan fingerprint density at radius 1 is 1.50 bits per heavy atom. The number of thioether (sulfide) groups is 1. The molecule has 0 aromatic heterocycles. The maximum Gasteiger partial charge on any atom is 0.322 e. The van der Waals surface area contributed by atoms with E-state index < -0.39 is 0 Å². The van der Waals surface area contributed by atoms with E-state index in [-0.39, 0.29) is 11.4 Å². The topological polar surface area (TPSA) is 41.6 Å². The molecule has 98 valence electrons. The molecule has 1 aromatic carbocycles. The summed E-state index contributed by atoms with van der Waals surface area (Å²) < 4.78 is 5.36. The van der Waals surface area contributed by atoms with E-state index in [1.165, 1.54) is 0 Å². The van der Waals surface area contributed by atoms with Gasteiger partial charge in [-0.2, -0.15) is 0 Å². The molecule has 1 fully saturated rings. The molecule has 1 heterocycles. The van der Waals surface area contributed by atoms with E-state index in [9.17, 15) is 4.79 Å². The Balaban J connectivity index is 1.94. The first kappa shape index (κ1) is 13.1. The van der Waals surface area contributed by atoms with Gasteiger partial charge in [0, 0.05) is 18.0 Å². The number of urea groups is 1. The Hall–Kier alpha value is -1.36. The Morgan fingerprint density at radius 3 is 2.78 bits per heavy atom. The third-order valence-electron chi connectivity index (χ3n) is 2.81. The summed E-state index contributed by atoms with van der Waals surface area (Å²) in [5.74, 6) is 1.83. The first-order chi connectivity index (χ1) is 8.70. The smallest absolute Gasteiger partial charge is 0.322 e. The number of amides is 2. The molecule has 1 aliphatic rings. The summed E-state index contributed by atoms with van der Waals surface area (Å²) in [5.41, 5.74) is 0.799. The monoisotopic (exact) mass is 266 g/mol. The quantitative estimate of drug-likeness (QED) is 0.914. The number of anilines is 1. The minimum absolute atomic E-state index is 0.0309. The molecule has 4 nitrogen and oxygen atoms in total. The molecule has 2 amide bonds. The molecular weight excluding hydrogens is 248 g/mol. The van der Waals surface area contributed by atoms with Crippen molar-refractivity contribution in [3.8, 4) is 5.75 Å². The predicted molar refractivity (Wildman–Crippen MR) is 75.3 cm³/mol. The predicted octanol–water partition coefficient (Wildman–Crippen LogP) is 3.01. The number of ether oxygens (including phenoxy) is 1. The number of carbonyl (C=O) groups is 1. The Kier molecular flexibility index (Phi) is 4.36. The molecule has 1 saturated heterocycles. The van der Waals surface area contributed by atoms with Gasteiger partial charge in [-0.1, -0.05) is 0 Å². The standard InChI is InChI=1S/C13H18N2O2S/c1-3-17-12-6-4-11(5-7-12)14-13(16)15-8-9-18-10(15)2/h4-7,10H,3,8-9H2,1-2H3,(H,14,16). The summed E-state index contributed by atoms with van der Waals surface area (Å²) in [5, 5.41) is 3.16. The van der Waals surface area contributed by atoms with E-state index in [0.29, 0.717) is 6.61 Å². The third-order valence-corrected chi connectivity index (χ3v) is 3.96. The third kappa shape index (κ3) is 3.10. The Morgan fingerprint density at radius 2 is 2.22 bits per heavy atom. The molecular formula is C13H18N2O2S. The van der Waals surface area contributed by atoms with Crippen molar-refractivity contribution in [3.05, 3.63) is 24.3 Å². The highest BCUT2D eigenvalue weighted by molar-refractivity contribution is 8.00. The molecule has 18 heavy (non-hydrogen) atoms. The summed E-state index contributed by atoms with van der Waals surface area (Å²) in [6.45, 7) is 5.46. The van der Waals surface area contributed by atoms with Gasteiger partial charge in [-0.25, -0.2) is 4.79 Å². The van der Waals surface area contributed by atoms with Crippen LogP contribution >= 0.6 is 11.8 Å². The normalized spacial score (nSPS) is 18.8. The molecule has 2 rings (SSSR count). The van der Waals surface area contributed by atoms with Crippen molar-refractivity contribution in [1.82, 2.24) is 4.90 Å². The first-order valence-electron chi connectivity index (χ1n) is 6.13. The van der Waals surface area contributed by atoms with Crippen molar-refractivity contribution < 1.29 is 9.53 Å². The molecule has 1 atom stereocenters. The van der Waals surface area contributed by atoms with Gasteiger partial charge in [-0.3, -0.25) is 0 Å². The largest absolute Gasteiger partial charge is 0.494 e. The zero-order valence-electron chi connectivity index (χ0n) is 10.7. The van der Waals surface area contributed by atoms with E-state index in [4.69, 9.17) is 4.74 Å². The first-order valence-corrected chi connectivity index (χ1v) is 7.17. The molecule has 0 aliphatic carbocycles. The fraction of sp³-hybridized carbons (Fsp3) is 0.462. The van der Waals surface area contributed by atoms with Crippen LogP contribution in [0.15, 0.2) is 24.3 Å². The van der Waals surface area contributed by atoms with Crippen molar-refractivity contribution in [3.63, 3.8) is 0 Å². The lowest BCUT2D eigenvalue weighted by atomic mass is 10.3. The molecule has 0 saturated carbocycles. The van der Waals surface area contributed by atoms with Crippen LogP contribution in [0.25, 0.3) is 0 Å². The average molecular weight is 266 g/mol. The number of benzene rings is 1. The lowest BCUT2D eigenvalue weighted by molar-refractivity contribution is 0.216. The SMILES string of the molecule is CCOc1ccc(NC(=O)N2CCSC2C)cc1. The lowest BCUT2D eigenvalue weighted by Gasteiger charge is -2.20. The van der Waals surface area contributed by atoms with Crippen molar-refractivity contribution >= 4 is 23.5 Å². The Labute approximate surface area is 112 Å². The molecule has 1 unspecified atom stereocenters. The van der Waals surface area contributed by atoms with Gasteiger partial charge in [0.2, 0.25) is 0 Å². The van der Waals surface area contributed by atoms with Crippen LogP contribution in [0.1, 0.15) is 13.8 Å². The Bertz CT molecular complexity index is 408. The molecule has 0 bridgehead atoms. The highest BCUT2D eigenvalue weighted by Crippen LogP contribution is 2.24. The summed E-state index contributed by atoms with van der Waals surface area (Å²) in [6.07, 6.45) is 0. The van der Waals surface area contributed by atoms with Crippen molar-refractivity contribution in [2.45, 2.75) is 19.2 Å². The average Bonchev–Trinajstić information content (AvgIpc) is 2.78. The van der Waals surface area contributed by atoms with Crippen LogP contribution < -0.4 is 10.1 Å². The van der Waals surface area contributed by atoms with E-state index in [0.717, 1.165) is 23.7 Å². The van der Waals surface area contributed by atoms with Crippen LogP contribution in [0.2, 0.25) is 0 Å². The number of nitrogens with zero attached hydrogens (tertiary/aromatic N) is 1. The van der Waals surface area contributed by atoms with Gasteiger partial charge < -0.3 is 15.0 Å². The zero-order valence-corrected chi connectivity index (χ0v) is 11.5. The number of carbonyl (C=O) groups excluding carboxylic acids is 1. The molecule has 1 aromatic rings. The number of hydrogen-bond acceptors (Lipinski definition) is 3. The van der Waals surface area contributed by atoms with Crippen molar-refractivity contribution in [2.75, 3.05) is 24.2 Å². The van der Waals surface area contributed by atoms with Gasteiger partial charge in [0.15, 0.2) is 0 Å². The van der Waals surface area contributed by atoms with E-state index >= 15 is 0 Å². The van der Waals surface area contributed by atoms with Gasteiger partial charge >= 0.3 is 6.03 Å². The summed E-state index contributed by atoms with van der Waals surface area (Å²) >= 11 is 1.80. The molecule has 5 heteroatoms. The molecule has 1 aliphatic heterocycles. The van der Waals surface area contributed by atoms with Crippen LogP contribution in [0.4, 0.5) is 10.5 Å². The zero-order chi connectivity index (χ0) is 13.0. The second kappa shape index (κ2) is 6.00. The second-order valence-corrected chi connectivity index (χ2v) is 5.47. The van der Waals surface area contributed by atoms with E-state index in [1.54, 1.807) is 11.8 Å². The van der Waals surface area contributed by atoms with Crippen LogP contribution in [0, 0.1) is 0 Å². The number of rotatable bonds is 3. The van der Waals surface area contributed by atoms with Gasteiger partial charge in [0.1, 0.15) is 5.75 Å². The maximum atomic E-state index is 12.0.